The fourth-order valence-corrected chi connectivity index (χ4v) is 2.39. The van der Waals surface area contributed by atoms with E-state index in [4.69, 9.17) is 5.73 Å². The van der Waals surface area contributed by atoms with Crippen molar-refractivity contribution in [2.24, 2.45) is 11.7 Å². The average Bonchev–Trinajstić information content (AvgIpc) is 3.13. The molecule has 2 nitrogen and oxygen atoms in total. The van der Waals surface area contributed by atoms with Crippen molar-refractivity contribution in [1.29, 1.82) is 0 Å². The van der Waals surface area contributed by atoms with Crippen molar-refractivity contribution in [3.63, 3.8) is 0 Å². The largest absolute Gasteiger partial charge is 0.323 e. The lowest BCUT2D eigenvalue weighted by molar-refractivity contribution is 0.246. The molecular weight excluding hydrogens is 227 g/mol. The smallest absolute Gasteiger partial charge is 0.128 e. The number of benzene rings is 1. The minimum atomic E-state index is -0.225. The lowest BCUT2D eigenvalue weighted by atomic mass is 10.1. The van der Waals surface area contributed by atoms with Crippen LogP contribution in [0.15, 0.2) is 24.3 Å². The van der Waals surface area contributed by atoms with Crippen molar-refractivity contribution in [1.82, 2.24) is 4.90 Å². The molecule has 1 unspecified atom stereocenters. The Morgan fingerprint density at radius 2 is 2.11 bits per heavy atom. The maximum absolute atomic E-state index is 13.7. The van der Waals surface area contributed by atoms with E-state index in [1.54, 1.807) is 12.1 Å². The van der Waals surface area contributed by atoms with E-state index in [0.29, 0.717) is 5.56 Å². The number of halogens is 1. The fourth-order valence-electron chi connectivity index (χ4n) is 2.39. The monoisotopic (exact) mass is 250 g/mol. The predicted molar refractivity (Wildman–Crippen MR) is 72.8 cm³/mol. The van der Waals surface area contributed by atoms with Gasteiger partial charge in [-0.25, -0.2) is 4.39 Å². The third-order valence-corrected chi connectivity index (χ3v) is 3.51. The van der Waals surface area contributed by atoms with Crippen molar-refractivity contribution in [3.8, 4) is 0 Å². The van der Waals surface area contributed by atoms with Gasteiger partial charge in [0.15, 0.2) is 0 Å². The van der Waals surface area contributed by atoms with Crippen LogP contribution in [0.1, 0.15) is 37.8 Å². The van der Waals surface area contributed by atoms with Gasteiger partial charge >= 0.3 is 0 Å². The second-order valence-electron chi connectivity index (χ2n) is 5.33. The molecule has 1 atom stereocenters. The summed E-state index contributed by atoms with van der Waals surface area (Å²) >= 11 is 0. The first-order valence-electron chi connectivity index (χ1n) is 6.93. The number of hydrogen-bond donors (Lipinski definition) is 1. The molecule has 0 radical (unpaired) electrons. The number of nitrogens with two attached hydrogens (primary N) is 1. The van der Waals surface area contributed by atoms with Gasteiger partial charge in [0.05, 0.1) is 0 Å². The van der Waals surface area contributed by atoms with Crippen molar-refractivity contribution in [3.05, 3.63) is 35.6 Å². The molecule has 2 rings (SSSR count). The van der Waals surface area contributed by atoms with E-state index in [-0.39, 0.29) is 11.9 Å². The molecule has 1 aromatic rings. The lowest BCUT2D eigenvalue weighted by Crippen LogP contribution is -2.34. The minimum absolute atomic E-state index is 0.187. The zero-order valence-electron chi connectivity index (χ0n) is 11.1. The Labute approximate surface area is 109 Å². The second kappa shape index (κ2) is 6.30. The van der Waals surface area contributed by atoms with Gasteiger partial charge in [-0.15, -0.1) is 0 Å². The molecule has 18 heavy (non-hydrogen) atoms. The summed E-state index contributed by atoms with van der Waals surface area (Å²) in [6, 6.07) is 6.61. The molecule has 0 heterocycles. The van der Waals surface area contributed by atoms with Gasteiger partial charge in [-0.05, 0) is 37.8 Å². The Morgan fingerprint density at radius 1 is 1.39 bits per heavy atom. The molecule has 3 heteroatoms. The van der Waals surface area contributed by atoms with Crippen molar-refractivity contribution >= 4 is 0 Å². The number of rotatable bonds is 7. The Balaban J connectivity index is 1.94. The lowest BCUT2D eigenvalue weighted by Gasteiger charge is -2.25. The van der Waals surface area contributed by atoms with Gasteiger partial charge in [-0.2, -0.15) is 0 Å². The summed E-state index contributed by atoms with van der Waals surface area (Å²) in [7, 11) is 0. The van der Waals surface area contributed by atoms with E-state index < -0.39 is 0 Å². The summed E-state index contributed by atoms with van der Waals surface area (Å²) in [4.78, 5) is 2.38. The van der Waals surface area contributed by atoms with Gasteiger partial charge in [-0.3, -0.25) is 0 Å². The van der Waals surface area contributed by atoms with Crippen LogP contribution in [-0.4, -0.2) is 24.5 Å². The minimum Gasteiger partial charge on any atom is -0.323 e. The molecule has 0 bridgehead atoms. The quantitative estimate of drug-likeness (QED) is 0.806. The molecule has 0 aromatic heterocycles. The maximum atomic E-state index is 13.7. The maximum Gasteiger partial charge on any atom is 0.128 e. The highest BCUT2D eigenvalue weighted by Gasteiger charge is 2.25. The van der Waals surface area contributed by atoms with Crippen LogP contribution in [0.4, 0.5) is 4.39 Å². The van der Waals surface area contributed by atoms with Gasteiger partial charge in [0, 0.05) is 24.7 Å². The molecule has 1 saturated carbocycles. The summed E-state index contributed by atoms with van der Waals surface area (Å²) in [5, 5.41) is 0. The highest BCUT2D eigenvalue weighted by Crippen LogP contribution is 2.30. The van der Waals surface area contributed by atoms with Crippen molar-refractivity contribution in [2.45, 2.75) is 32.2 Å². The molecule has 1 aliphatic rings. The Hall–Kier alpha value is -0.930. The van der Waals surface area contributed by atoms with Crippen molar-refractivity contribution in [2.75, 3.05) is 19.6 Å². The van der Waals surface area contributed by atoms with E-state index in [9.17, 15) is 4.39 Å². The van der Waals surface area contributed by atoms with E-state index in [1.165, 1.54) is 18.9 Å². The van der Waals surface area contributed by atoms with Crippen LogP contribution < -0.4 is 5.73 Å². The van der Waals surface area contributed by atoms with Gasteiger partial charge in [0.1, 0.15) is 5.82 Å². The normalized spacial score (nSPS) is 17.1. The van der Waals surface area contributed by atoms with Crippen LogP contribution in [0, 0.1) is 11.7 Å². The molecule has 1 fully saturated rings. The summed E-state index contributed by atoms with van der Waals surface area (Å²) in [5.41, 5.74) is 6.78. The van der Waals surface area contributed by atoms with E-state index in [0.717, 1.165) is 32.0 Å². The molecule has 0 spiro atoms. The van der Waals surface area contributed by atoms with Gasteiger partial charge in [0.25, 0.3) is 0 Å². The third-order valence-electron chi connectivity index (χ3n) is 3.51. The third kappa shape index (κ3) is 3.79. The second-order valence-corrected chi connectivity index (χ2v) is 5.33. The summed E-state index contributed by atoms with van der Waals surface area (Å²) in [5.74, 6) is 0.664. The van der Waals surface area contributed by atoms with Crippen LogP contribution in [0.5, 0.6) is 0 Å². The zero-order chi connectivity index (χ0) is 13.0. The average molecular weight is 250 g/mol. The standard InChI is InChI=1S/C15H23FN2/c1-2-9-18(10-12-7-8-12)11-15(17)13-5-3-4-6-14(13)16/h3-6,12,15H,2,7-11,17H2,1H3. The Morgan fingerprint density at radius 3 is 2.72 bits per heavy atom. The van der Waals surface area contributed by atoms with E-state index in [2.05, 4.69) is 11.8 Å². The highest BCUT2D eigenvalue weighted by atomic mass is 19.1. The van der Waals surface area contributed by atoms with Gasteiger partial charge in [0.2, 0.25) is 0 Å². The van der Waals surface area contributed by atoms with Crippen LogP contribution in [0.3, 0.4) is 0 Å². The summed E-state index contributed by atoms with van der Waals surface area (Å²) < 4.78 is 13.7. The summed E-state index contributed by atoms with van der Waals surface area (Å²) in [6.07, 6.45) is 3.81. The first kappa shape index (κ1) is 13.5. The van der Waals surface area contributed by atoms with Crippen LogP contribution >= 0.6 is 0 Å². The fraction of sp³-hybridized carbons (Fsp3) is 0.600. The molecule has 0 aliphatic heterocycles. The predicted octanol–water partition coefficient (Wildman–Crippen LogP) is 2.95. The van der Waals surface area contributed by atoms with Crippen molar-refractivity contribution < 1.29 is 4.39 Å². The first-order chi connectivity index (χ1) is 8.70. The molecular formula is C15H23FN2. The van der Waals surface area contributed by atoms with Crippen LogP contribution in [-0.2, 0) is 0 Å². The SMILES string of the molecule is CCCN(CC1CC1)CC(N)c1ccccc1F. The Kier molecular flexibility index (Phi) is 4.72. The van der Waals surface area contributed by atoms with Crippen LogP contribution in [0.25, 0.3) is 0 Å². The summed E-state index contributed by atoms with van der Waals surface area (Å²) in [6.45, 7) is 5.11. The van der Waals surface area contributed by atoms with Gasteiger partial charge < -0.3 is 10.6 Å². The molecule has 100 valence electrons. The molecule has 2 N–H and O–H groups in total. The number of hydrogen-bond acceptors (Lipinski definition) is 2. The topological polar surface area (TPSA) is 29.3 Å². The molecule has 0 saturated heterocycles. The van der Waals surface area contributed by atoms with E-state index >= 15 is 0 Å². The molecule has 1 aliphatic carbocycles. The number of nitrogens with zero attached hydrogens (tertiary/aromatic N) is 1. The first-order valence-corrected chi connectivity index (χ1v) is 6.93. The molecule has 0 amide bonds. The zero-order valence-corrected chi connectivity index (χ0v) is 11.1. The van der Waals surface area contributed by atoms with Gasteiger partial charge in [-0.1, -0.05) is 25.1 Å². The molecule has 1 aromatic carbocycles. The van der Waals surface area contributed by atoms with E-state index in [1.807, 2.05) is 6.07 Å². The highest BCUT2D eigenvalue weighted by molar-refractivity contribution is 5.21. The Bertz CT molecular complexity index is 377. The van der Waals surface area contributed by atoms with Crippen LogP contribution in [0.2, 0.25) is 0 Å².